The smallest absolute Gasteiger partial charge is 0.282 e. The number of hydrogen-bond acceptors (Lipinski definition) is 4. The van der Waals surface area contributed by atoms with Crippen molar-refractivity contribution < 1.29 is 17.8 Å². The molecule has 0 aromatic heterocycles. The van der Waals surface area contributed by atoms with Gasteiger partial charge in [0.1, 0.15) is 0 Å². The van der Waals surface area contributed by atoms with E-state index in [1.807, 2.05) is 5.32 Å². The first-order chi connectivity index (χ1) is 4.48. The molecule has 0 rings (SSSR count). The van der Waals surface area contributed by atoms with Gasteiger partial charge in [-0.25, -0.2) is 0 Å². The van der Waals surface area contributed by atoms with Crippen LogP contribution in [0.25, 0.3) is 0 Å². The first kappa shape index (κ1) is 9.34. The maximum Gasteiger partial charge on any atom is 0.282 e. The maximum atomic E-state index is 10.1. The minimum atomic E-state index is -4.22. The predicted octanol–water partition coefficient (Wildman–Crippen LogP) is -2.09. The van der Waals surface area contributed by atoms with Crippen molar-refractivity contribution in [3.05, 3.63) is 0 Å². The van der Waals surface area contributed by atoms with Crippen molar-refractivity contribution in [2.24, 2.45) is 5.73 Å². The highest BCUT2D eigenvalue weighted by Crippen LogP contribution is 1.86. The van der Waals surface area contributed by atoms with Gasteiger partial charge >= 0.3 is 0 Å². The summed E-state index contributed by atoms with van der Waals surface area (Å²) in [6.07, 6.45) is 0.297. The molecule has 0 radical (unpaired) electrons. The van der Waals surface area contributed by atoms with Crippen LogP contribution in [0.3, 0.4) is 0 Å². The molecule has 6 nitrogen and oxygen atoms in total. The maximum absolute atomic E-state index is 10.1. The highest BCUT2D eigenvalue weighted by molar-refractivity contribution is 7.86. The van der Waals surface area contributed by atoms with Crippen LogP contribution in [-0.4, -0.2) is 31.3 Å². The number of carbonyl (C=O) groups is 1. The van der Waals surface area contributed by atoms with Crippen LogP contribution < -0.4 is 11.1 Å². The van der Waals surface area contributed by atoms with Gasteiger partial charge in [-0.1, -0.05) is 0 Å². The van der Waals surface area contributed by atoms with Crippen molar-refractivity contribution >= 4 is 16.5 Å². The summed E-state index contributed by atoms with van der Waals surface area (Å²) in [5.41, 5.74) is 4.88. The van der Waals surface area contributed by atoms with Gasteiger partial charge in [-0.05, 0) is 0 Å². The second-order valence-electron chi connectivity index (χ2n) is 1.58. The van der Waals surface area contributed by atoms with Crippen molar-refractivity contribution in [3.8, 4) is 0 Å². The molecular weight excluding hydrogens is 160 g/mol. The number of amides is 1. The molecule has 0 aliphatic heterocycles. The molecule has 7 heteroatoms. The second-order valence-corrected chi connectivity index (χ2v) is 3.21. The number of carbonyl (C=O) groups excluding carboxylic acids is 1. The quantitative estimate of drug-likeness (QED) is 0.329. The largest absolute Gasteiger partial charge is 0.356 e. The van der Waals surface area contributed by atoms with E-state index in [9.17, 15) is 13.2 Å². The van der Waals surface area contributed by atoms with Crippen LogP contribution in [0, 0.1) is 0 Å². The van der Waals surface area contributed by atoms with Crippen LogP contribution in [0.5, 0.6) is 0 Å². The van der Waals surface area contributed by atoms with Gasteiger partial charge in [0.05, 0.1) is 0 Å². The third kappa shape index (κ3) is 3.38. The fraction of sp³-hybridized carbons (Fsp3) is 0.667. The summed E-state index contributed by atoms with van der Waals surface area (Å²) in [6, 6.07) is 0. The molecule has 0 heterocycles. The Bertz CT molecular complexity index is 199. The first-order valence-corrected chi connectivity index (χ1v) is 3.87. The van der Waals surface area contributed by atoms with Gasteiger partial charge in [-0.3, -0.25) is 9.35 Å². The second kappa shape index (κ2) is 3.49. The Labute approximate surface area is 58.1 Å². The van der Waals surface area contributed by atoms with E-state index in [1.165, 1.54) is 0 Å². The molecule has 1 atom stereocenters. The van der Waals surface area contributed by atoms with E-state index in [1.54, 1.807) is 0 Å². The molecule has 10 heavy (non-hydrogen) atoms. The normalized spacial score (nSPS) is 14.2. The average molecular weight is 168 g/mol. The van der Waals surface area contributed by atoms with Crippen LogP contribution in [-0.2, 0) is 14.9 Å². The molecule has 60 valence electrons. The van der Waals surface area contributed by atoms with Gasteiger partial charge in [0, 0.05) is 6.54 Å². The summed E-state index contributed by atoms with van der Waals surface area (Å²) >= 11 is 0. The Morgan fingerprint density at radius 2 is 2.20 bits per heavy atom. The molecule has 1 amide bonds. The molecule has 0 aliphatic rings. The van der Waals surface area contributed by atoms with Gasteiger partial charge in [-0.15, -0.1) is 0 Å². The van der Waals surface area contributed by atoms with Crippen LogP contribution in [0.2, 0.25) is 0 Å². The molecule has 0 saturated carbocycles. The number of nitrogens with one attached hydrogen (secondary N) is 1. The Hall–Kier alpha value is -0.660. The van der Waals surface area contributed by atoms with E-state index in [4.69, 9.17) is 10.3 Å². The molecule has 0 spiro atoms. The summed E-state index contributed by atoms with van der Waals surface area (Å²) in [5, 5.41) is 0.563. The zero-order valence-electron chi connectivity index (χ0n) is 5.02. The van der Waals surface area contributed by atoms with E-state index in [0.717, 1.165) is 0 Å². The van der Waals surface area contributed by atoms with Gasteiger partial charge < -0.3 is 11.1 Å². The summed E-state index contributed by atoms with van der Waals surface area (Å²) in [4.78, 5) is 9.59. The summed E-state index contributed by atoms with van der Waals surface area (Å²) in [7, 11) is -4.22. The van der Waals surface area contributed by atoms with Crippen molar-refractivity contribution in [1.82, 2.24) is 5.32 Å². The first-order valence-electron chi connectivity index (χ1n) is 2.37. The Morgan fingerprint density at radius 3 is 2.50 bits per heavy atom. The Kier molecular flexibility index (Phi) is 3.26. The van der Waals surface area contributed by atoms with E-state index in [0.29, 0.717) is 6.41 Å². The lowest BCUT2D eigenvalue weighted by Crippen LogP contribution is -2.39. The SMILES string of the molecule is NC(CNC=O)S(=O)(=O)O. The molecule has 0 aliphatic carbocycles. The van der Waals surface area contributed by atoms with Gasteiger partial charge in [0.2, 0.25) is 6.41 Å². The van der Waals surface area contributed by atoms with E-state index in [-0.39, 0.29) is 6.54 Å². The molecule has 0 aromatic carbocycles. The van der Waals surface area contributed by atoms with Crippen molar-refractivity contribution in [1.29, 1.82) is 0 Å². The molecular formula is C3H8N2O4S. The topological polar surface area (TPSA) is 109 Å². The van der Waals surface area contributed by atoms with Crippen molar-refractivity contribution in [2.75, 3.05) is 6.54 Å². The van der Waals surface area contributed by atoms with Crippen molar-refractivity contribution in [3.63, 3.8) is 0 Å². The molecule has 4 N–H and O–H groups in total. The third-order valence-corrected chi connectivity index (χ3v) is 1.72. The predicted molar refractivity (Wildman–Crippen MR) is 33.6 cm³/mol. The molecule has 0 fully saturated rings. The fourth-order valence-corrected chi connectivity index (χ4v) is 0.576. The van der Waals surface area contributed by atoms with Gasteiger partial charge in [-0.2, -0.15) is 8.42 Å². The van der Waals surface area contributed by atoms with E-state index < -0.39 is 15.5 Å². The summed E-state index contributed by atoms with van der Waals surface area (Å²) in [6.45, 7) is -0.289. The fourth-order valence-electron chi connectivity index (χ4n) is 0.270. The lowest BCUT2D eigenvalue weighted by molar-refractivity contribution is -0.109. The van der Waals surface area contributed by atoms with Crippen molar-refractivity contribution in [2.45, 2.75) is 5.37 Å². The summed E-state index contributed by atoms with van der Waals surface area (Å²) in [5.74, 6) is 0. The lowest BCUT2D eigenvalue weighted by atomic mass is 10.6. The number of rotatable bonds is 4. The highest BCUT2D eigenvalue weighted by atomic mass is 32.2. The average Bonchev–Trinajstić information content (AvgIpc) is 1.80. The molecule has 1 unspecified atom stereocenters. The summed E-state index contributed by atoms with van der Waals surface area (Å²) < 4.78 is 28.4. The highest BCUT2D eigenvalue weighted by Gasteiger charge is 2.16. The van der Waals surface area contributed by atoms with E-state index in [2.05, 4.69) is 0 Å². The lowest BCUT2D eigenvalue weighted by Gasteiger charge is -2.04. The zero-order chi connectivity index (χ0) is 8.20. The minimum Gasteiger partial charge on any atom is -0.356 e. The molecule has 0 saturated heterocycles. The standard InChI is InChI=1S/C3H8N2O4S/c4-3(1-5-2-6)10(7,8)9/h2-3H,1,4H2,(H,5,6)(H,7,8,9). The van der Waals surface area contributed by atoms with Crippen LogP contribution >= 0.6 is 0 Å². The van der Waals surface area contributed by atoms with Gasteiger partial charge in [0.15, 0.2) is 5.37 Å². The molecule has 0 aromatic rings. The third-order valence-electron chi connectivity index (χ3n) is 0.785. The van der Waals surface area contributed by atoms with Gasteiger partial charge in [0.25, 0.3) is 10.1 Å². The van der Waals surface area contributed by atoms with Crippen LogP contribution in [0.4, 0.5) is 0 Å². The van der Waals surface area contributed by atoms with Crippen LogP contribution in [0.15, 0.2) is 0 Å². The van der Waals surface area contributed by atoms with Crippen LogP contribution in [0.1, 0.15) is 0 Å². The Morgan fingerprint density at radius 1 is 1.70 bits per heavy atom. The molecule has 0 bridgehead atoms. The Balaban J connectivity index is 3.86. The monoisotopic (exact) mass is 168 g/mol. The minimum absolute atomic E-state index is 0.289. The number of nitrogens with two attached hydrogens (primary N) is 1. The number of hydrogen-bond donors (Lipinski definition) is 3. The van der Waals surface area contributed by atoms with E-state index >= 15 is 0 Å². The zero-order valence-corrected chi connectivity index (χ0v) is 5.84.